The maximum atomic E-state index is 11.6. The van der Waals surface area contributed by atoms with Gasteiger partial charge in [0, 0.05) is 27.2 Å². The molecule has 1 saturated heterocycles. The zero-order valence-corrected chi connectivity index (χ0v) is 11.2. The van der Waals surface area contributed by atoms with Crippen molar-refractivity contribution in [2.24, 2.45) is 0 Å². The second-order valence-electron chi connectivity index (χ2n) is 4.34. The SMILES string of the molecule is COCCC(NC(=O)NC1CC(=O)N(C)C1=O)C(=O)O. The number of hydrogen-bond acceptors (Lipinski definition) is 5. The molecule has 112 valence electrons. The molecule has 0 radical (unpaired) electrons. The number of nitrogens with one attached hydrogen (secondary N) is 2. The highest BCUT2D eigenvalue weighted by atomic mass is 16.5. The van der Waals surface area contributed by atoms with Gasteiger partial charge in [-0.1, -0.05) is 0 Å². The lowest BCUT2D eigenvalue weighted by Gasteiger charge is -2.16. The minimum atomic E-state index is -1.21. The molecule has 3 N–H and O–H groups in total. The Hall–Kier alpha value is -2.16. The molecule has 20 heavy (non-hydrogen) atoms. The van der Waals surface area contributed by atoms with Gasteiger partial charge in [0.2, 0.25) is 5.91 Å². The zero-order chi connectivity index (χ0) is 15.3. The highest BCUT2D eigenvalue weighted by Gasteiger charge is 2.37. The van der Waals surface area contributed by atoms with Gasteiger partial charge in [0.05, 0.1) is 6.42 Å². The number of likely N-dealkylation sites (tertiary alicyclic amines) is 1. The molecule has 4 amide bonds. The number of carboxylic acids is 1. The number of rotatable bonds is 6. The van der Waals surface area contributed by atoms with E-state index in [2.05, 4.69) is 10.6 Å². The van der Waals surface area contributed by atoms with Gasteiger partial charge in [-0.15, -0.1) is 0 Å². The van der Waals surface area contributed by atoms with Gasteiger partial charge in [-0.05, 0) is 0 Å². The summed E-state index contributed by atoms with van der Waals surface area (Å²) in [5.74, 6) is -2.12. The number of likely N-dealkylation sites (N-methyl/N-ethyl adjacent to an activating group) is 1. The van der Waals surface area contributed by atoms with Crippen molar-refractivity contribution in [3.63, 3.8) is 0 Å². The van der Waals surface area contributed by atoms with E-state index in [9.17, 15) is 19.2 Å². The summed E-state index contributed by atoms with van der Waals surface area (Å²) in [6, 6.07) is -2.89. The van der Waals surface area contributed by atoms with E-state index < -0.39 is 35.9 Å². The van der Waals surface area contributed by atoms with Crippen LogP contribution in [0.4, 0.5) is 4.79 Å². The second kappa shape index (κ2) is 6.85. The van der Waals surface area contributed by atoms with Gasteiger partial charge >= 0.3 is 12.0 Å². The largest absolute Gasteiger partial charge is 0.480 e. The first-order valence-corrected chi connectivity index (χ1v) is 5.96. The van der Waals surface area contributed by atoms with E-state index in [1.54, 1.807) is 0 Å². The minimum Gasteiger partial charge on any atom is -0.480 e. The van der Waals surface area contributed by atoms with Crippen LogP contribution in [-0.2, 0) is 19.1 Å². The van der Waals surface area contributed by atoms with E-state index in [4.69, 9.17) is 9.84 Å². The molecule has 1 heterocycles. The van der Waals surface area contributed by atoms with Crippen molar-refractivity contribution in [2.75, 3.05) is 20.8 Å². The summed E-state index contributed by atoms with van der Waals surface area (Å²) in [6.45, 7) is 0.167. The van der Waals surface area contributed by atoms with Gasteiger partial charge in [0.1, 0.15) is 12.1 Å². The number of ether oxygens (including phenoxy) is 1. The lowest BCUT2D eigenvalue weighted by atomic mass is 10.2. The van der Waals surface area contributed by atoms with E-state index in [0.717, 1.165) is 4.90 Å². The van der Waals surface area contributed by atoms with Crippen LogP contribution >= 0.6 is 0 Å². The smallest absolute Gasteiger partial charge is 0.326 e. The predicted octanol–water partition coefficient (Wildman–Crippen LogP) is -1.47. The first-order chi connectivity index (χ1) is 9.36. The van der Waals surface area contributed by atoms with Gasteiger partial charge < -0.3 is 20.5 Å². The Morgan fingerprint density at radius 3 is 2.60 bits per heavy atom. The fraction of sp³-hybridized carbons (Fsp3) is 0.636. The van der Waals surface area contributed by atoms with Crippen molar-refractivity contribution in [1.82, 2.24) is 15.5 Å². The summed E-state index contributed by atoms with van der Waals surface area (Å²) >= 11 is 0. The number of urea groups is 1. The molecule has 0 aromatic heterocycles. The van der Waals surface area contributed by atoms with Crippen molar-refractivity contribution < 1.29 is 29.0 Å². The van der Waals surface area contributed by atoms with Gasteiger partial charge in [-0.25, -0.2) is 9.59 Å². The number of imide groups is 1. The number of carbonyl (C=O) groups excluding carboxylic acids is 3. The molecule has 0 saturated carbocycles. The summed E-state index contributed by atoms with van der Waals surface area (Å²) in [6.07, 6.45) is -0.0325. The van der Waals surface area contributed by atoms with Crippen LogP contribution in [0.15, 0.2) is 0 Å². The molecule has 0 bridgehead atoms. The van der Waals surface area contributed by atoms with Crippen LogP contribution in [0, 0.1) is 0 Å². The highest BCUT2D eigenvalue weighted by molar-refractivity contribution is 6.06. The van der Waals surface area contributed by atoms with Gasteiger partial charge in [0.15, 0.2) is 0 Å². The fourth-order valence-corrected chi connectivity index (χ4v) is 1.72. The Labute approximate surface area is 115 Å². The third kappa shape index (κ3) is 3.92. The maximum Gasteiger partial charge on any atom is 0.326 e. The van der Waals surface area contributed by atoms with Gasteiger partial charge in [0.25, 0.3) is 5.91 Å². The molecule has 1 fully saturated rings. The molecule has 1 aliphatic heterocycles. The van der Waals surface area contributed by atoms with Crippen molar-refractivity contribution >= 4 is 23.8 Å². The Bertz CT molecular complexity index is 424. The molecular formula is C11H17N3O6. The quantitative estimate of drug-likeness (QED) is 0.512. The number of carboxylic acid groups (broad SMARTS) is 1. The van der Waals surface area contributed by atoms with Crippen LogP contribution in [0.2, 0.25) is 0 Å². The molecular weight excluding hydrogens is 270 g/mol. The zero-order valence-electron chi connectivity index (χ0n) is 11.2. The Balaban J connectivity index is 2.52. The number of nitrogens with zero attached hydrogens (tertiary/aromatic N) is 1. The average Bonchev–Trinajstić information content (AvgIpc) is 2.61. The second-order valence-corrected chi connectivity index (χ2v) is 4.34. The normalized spacial score (nSPS) is 19.9. The molecule has 0 spiro atoms. The topological polar surface area (TPSA) is 125 Å². The van der Waals surface area contributed by atoms with Crippen molar-refractivity contribution in [3.8, 4) is 0 Å². The molecule has 9 nitrogen and oxygen atoms in total. The molecule has 0 aliphatic carbocycles. The first-order valence-electron chi connectivity index (χ1n) is 5.96. The van der Waals surface area contributed by atoms with Crippen LogP contribution in [0.25, 0.3) is 0 Å². The van der Waals surface area contributed by atoms with Crippen molar-refractivity contribution in [3.05, 3.63) is 0 Å². The highest BCUT2D eigenvalue weighted by Crippen LogP contribution is 2.10. The van der Waals surface area contributed by atoms with E-state index in [0.29, 0.717) is 0 Å². The van der Waals surface area contributed by atoms with Crippen LogP contribution in [0.1, 0.15) is 12.8 Å². The number of methoxy groups -OCH3 is 1. The predicted molar refractivity (Wildman–Crippen MR) is 65.8 cm³/mol. The Morgan fingerprint density at radius 2 is 2.15 bits per heavy atom. The molecule has 9 heteroatoms. The number of carbonyl (C=O) groups is 4. The average molecular weight is 287 g/mol. The van der Waals surface area contributed by atoms with E-state index >= 15 is 0 Å². The number of amides is 4. The van der Waals surface area contributed by atoms with Crippen molar-refractivity contribution in [2.45, 2.75) is 24.9 Å². The van der Waals surface area contributed by atoms with Crippen molar-refractivity contribution in [1.29, 1.82) is 0 Å². The van der Waals surface area contributed by atoms with Crippen LogP contribution in [-0.4, -0.2) is 66.7 Å². The fourth-order valence-electron chi connectivity index (χ4n) is 1.72. The molecule has 2 atom stereocenters. The standard InChI is InChI=1S/C11H17N3O6/c1-14-8(15)5-7(9(14)16)13-11(19)12-6(10(17)18)3-4-20-2/h6-7H,3-5H2,1-2H3,(H,17,18)(H2,12,13,19). The number of aliphatic carboxylic acids is 1. The molecule has 1 aliphatic rings. The van der Waals surface area contributed by atoms with E-state index in [1.165, 1.54) is 14.2 Å². The molecule has 0 aromatic carbocycles. The summed E-state index contributed by atoms with van der Waals surface area (Å²) in [5.41, 5.74) is 0. The monoisotopic (exact) mass is 287 g/mol. The lowest BCUT2D eigenvalue weighted by Crippen LogP contribution is -2.51. The van der Waals surface area contributed by atoms with E-state index in [1.807, 2.05) is 0 Å². The minimum absolute atomic E-state index is 0.0939. The van der Waals surface area contributed by atoms with Crippen LogP contribution < -0.4 is 10.6 Å². The molecule has 1 rings (SSSR count). The summed E-state index contributed by atoms with van der Waals surface area (Å²) < 4.78 is 4.74. The number of hydrogen-bond donors (Lipinski definition) is 3. The summed E-state index contributed by atoms with van der Waals surface area (Å²) in [5, 5.41) is 13.4. The Morgan fingerprint density at radius 1 is 1.50 bits per heavy atom. The molecule has 0 aromatic rings. The van der Waals surface area contributed by atoms with Crippen LogP contribution in [0.3, 0.4) is 0 Å². The molecule has 2 unspecified atom stereocenters. The summed E-state index contributed by atoms with van der Waals surface area (Å²) in [7, 11) is 2.74. The van der Waals surface area contributed by atoms with Gasteiger partial charge in [-0.2, -0.15) is 0 Å². The van der Waals surface area contributed by atoms with Crippen LogP contribution in [0.5, 0.6) is 0 Å². The maximum absolute atomic E-state index is 11.6. The Kier molecular flexibility index (Phi) is 5.44. The third-order valence-electron chi connectivity index (χ3n) is 2.90. The third-order valence-corrected chi connectivity index (χ3v) is 2.90. The summed E-state index contributed by atoms with van der Waals surface area (Å²) in [4.78, 5) is 46.3. The van der Waals surface area contributed by atoms with E-state index in [-0.39, 0.29) is 19.4 Å². The first kappa shape index (κ1) is 15.9. The van der Waals surface area contributed by atoms with Gasteiger partial charge in [-0.3, -0.25) is 14.5 Å². The lowest BCUT2D eigenvalue weighted by molar-refractivity contribution is -0.140.